The highest BCUT2D eigenvalue weighted by Crippen LogP contribution is 2.32. The van der Waals surface area contributed by atoms with E-state index in [0.29, 0.717) is 11.1 Å². The first kappa shape index (κ1) is 41.0. The monoisotopic (exact) mass is 852 g/mol. The molecule has 5 N–H and O–H groups in total. The van der Waals surface area contributed by atoms with Crippen molar-refractivity contribution in [1.82, 2.24) is 20.0 Å². The van der Waals surface area contributed by atoms with Crippen LogP contribution >= 0.6 is 23.4 Å². The molecule has 0 amide bonds. The van der Waals surface area contributed by atoms with Crippen LogP contribution in [-0.4, -0.2) is 104 Å². The molecular formula is C44H49ClN8O4S2. The number of anilines is 4. The van der Waals surface area contributed by atoms with E-state index < -0.39 is 10.0 Å². The predicted octanol–water partition coefficient (Wildman–Crippen LogP) is 8.10. The largest absolute Gasteiger partial charge is 0.380 e. The van der Waals surface area contributed by atoms with E-state index >= 15 is 0 Å². The van der Waals surface area contributed by atoms with Crippen molar-refractivity contribution >= 4 is 67.2 Å². The minimum atomic E-state index is -4.06. The van der Waals surface area contributed by atoms with Crippen LogP contribution < -0.4 is 20.4 Å². The van der Waals surface area contributed by atoms with Crippen LogP contribution in [-0.2, 0) is 21.3 Å². The number of ether oxygens (including phenoxy) is 1. The second-order valence-corrected chi connectivity index (χ2v) is 18.1. The van der Waals surface area contributed by atoms with Crippen molar-refractivity contribution in [2.75, 3.05) is 85.2 Å². The summed E-state index contributed by atoms with van der Waals surface area (Å²) in [6, 6.07) is 37.4. The maximum absolute atomic E-state index is 13.7. The number of thioether (sulfide) groups is 1. The predicted molar refractivity (Wildman–Crippen MR) is 240 cm³/mol. The fourth-order valence-corrected chi connectivity index (χ4v) is 9.81. The Morgan fingerprint density at radius 1 is 0.831 bits per heavy atom. The number of hydrogen-bond donors (Lipinski definition) is 5. The SMILES string of the molecule is O=S(=O)(Nc1n[nH]c2cc(N3CCN(Cc4ccccc4-c4ccc(Cl)cc4)CC3)ccc12)c1ccc(N[C@H](CCN2CCOCC2)CSc2ccccc2)c(NO)c1. The number of nitrogens with zero attached hydrogens (tertiary/aromatic N) is 4. The molecule has 0 spiro atoms. The molecule has 2 fully saturated rings. The standard InChI is InChI=1S/C44H49ClN8O4S2/c45-34-12-10-32(11-13-34)39-9-5-4-6-33(39)30-52-20-22-53(23-21-52)36-14-16-40-42(28-36)47-48-44(40)50-59(55,56)38-15-17-41(43(29-38)49-54)46-35(18-19-51-24-26-57-27-25-51)31-58-37-7-2-1-3-8-37/h1-17,28-29,35,46,49,54H,18-27,30-31H2,(H2,47,48,50)/t35-/m1/s1. The number of piperazine rings is 1. The third kappa shape index (κ3) is 10.3. The number of halogens is 1. The zero-order valence-electron chi connectivity index (χ0n) is 32.7. The van der Waals surface area contributed by atoms with Gasteiger partial charge in [-0.3, -0.25) is 30.3 Å². The summed E-state index contributed by atoms with van der Waals surface area (Å²) in [7, 11) is -4.06. The molecule has 3 heterocycles. The van der Waals surface area contributed by atoms with E-state index in [0.717, 1.165) is 99.5 Å². The summed E-state index contributed by atoms with van der Waals surface area (Å²) in [6.45, 7) is 8.53. The van der Waals surface area contributed by atoms with Gasteiger partial charge in [0.1, 0.15) is 0 Å². The molecule has 15 heteroatoms. The number of nitrogens with one attached hydrogen (secondary N) is 4. The van der Waals surface area contributed by atoms with E-state index in [1.54, 1.807) is 17.8 Å². The van der Waals surface area contributed by atoms with Crippen molar-refractivity contribution < 1.29 is 18.4 Å². The maximum Gasteiger partial charge on any atom is 0.263 e. The van der Waals surface area contributed by atoms with Gasteiger partial charge in [-0.2, -0.15) is 5.10 Å². The van der Waals surface area contributed by atoms with Crippen molar-refractivity contribution in [2.45, 2.75) is 28.8 Å². The Balaban J connectivity index is 0.902. The summed E-state index contributed by atoms with van der Waals surface area (Å²) < 4.78 is 35.7. The summed E-state index contributed by atoms with van der Waals surface area (Å²) in [5.74, 6) is 0.990. The first-order chi connectivity index (χ1) is 28.8. The molecule has 2 aliphatic rings. The lowest BCUT2D eigenvalue weighted by atomic mass is 9.99. The van der Waals surface area contributed by atoms with E-state index in [-0.39, 0.29) is 22.4 Å². The van der Waals surface area contributed by atoms with Crippen molar-refractivity contribution in [2.24, 2.45) is 0 Å². The lowest BCUT2D eigenvalue weighted by molar-refractivity contribution is 0.0370. The Bertz CT molecular complexity index is 2420. The molecule has 0 aliphatic carbocycles. The Kier molecular flexibility index (Phi) is 13.2. The van der Waals surface area contributed by atoms with Gasteiger partial charge in [0.05, 0.1) is 35.0 Å². The lowest BCUT2D eigenvalue weighted by Crippen LogP contribution is -2.46. The molecule has 12 nitrogen and oxygen atoms in total. The fraction of sp³-hybridized carbons (Fsp3) is 0.295. The smallest absolute Gasteiger partial charge is 0.263 e. The van der Waals surface area contributed by atoms with Gasteiger partial charge >= 0.3 is 0 Å². The highest BCUT2D eigenvalue weighted by molar-refractivity contribution is 7.99. The third-order valence-corrected chi connectivity index (χ3v) is 13.7. The zero-order valence-corrected chi connectivity index (χ0v) is 35.1. The van der Waals surface area contributed by atoms with Crippen LogP contribution in [0.3, 0.4) is 0 Å². The number of benzene rings is 5. The Labute approximate surface area is 354 Å². The molecule has 6 aromatic rings. The zero-order chi connectivity index (χ0) is 40.6. The van der Waals surface area contributed by atoms with Gasteiger partial charge in [0.2, 0.25) is 0 Å². The van der Waals surface area contributed by atoms with E-state index in [2.05, 4.69) is 88.9 Å². The first-order valence-corrected chi connectivity index (χ1v) is 22.8. The maximum atomic E-state index is 13.7. The first-order valence-electron chi connectivity index (χ1n) is 19.9. The number of aromatic amines is 1. The molecule has 8 rings (SSSR count). The molecule has 308 valence electrons. The van der Waals surface area contributed by atoms with Crippen molar-refractivity contribution in [3.05, 3.63) is 126 Å². The Morgan fingerprint density at radius 2 is 1.59 bits per heavy atom. The Morgan fingerprint density at radius 3 is 2.37 bits per heavy atom. The number of H-pyrrole nitrogens is 1. The van der Waals surface area contributed by atoms with Gasteiger partial charge in [0.25, 0.3) is 10.0 Å². The second kappa shape index (κ2) is 19.1. The molecule has 0 bridgehead atoms. The van der Waals surface area contributed by atoms with Crippen molar-refractivity contribution in [1.29, 1.82) is 0 Å². The molecule has 59 heavy (non-hydrogen) atoms. The second-order valence-electron chi connectivity index (χ2n) is 14.9. The van der Waals surface area contributed by atoms with Crippen LogP contribution in [0.5, 0.6) is 0 Å². The highest BCUT2D eigenvalue weighted by atomic mass is 35.5. The van der Waals surface area contributed by atoms with Gasteiger partial charge in [-0.05, 0) is 83.8 Å². The Hall–Kier alpha value is -4.80. The lowest BCUT2D eigenvalue weighted by Gasteiger charge is -2.36. The summed E-state index contributed by atoms with van der Waals surface area (Å²) >= 11 is 7.90. The van der Waals surface area contributed by atoms with E-state index in [1.165, 1.54) is 28.2 Å². The minimum absolute atomic E-state index is 0.00967. The molecule has 0 saturated carbocycles. The van der Waals surface area contributed by atoms with Crippen LogP contribution in [0.15, 0.2) is 125 Å². The van der Waals surface area contributed by atoms with E-state index in [9.17, 15) is 13.6 Å². The van der Waals surface area contributed by atoms with Crippen LogP contribution in [0, 0.1) is 0 Å². The third-order valence-electron chi connectivity index (χ3n) is 11.0. The van der Waals surface area contributed by atoms with Gasteiger partial charge in [-0.1, -0.05) is 66.2 Å². The molecule has 0 unspecified atom stereocenters. The van der Waals surface area contributed by atoms with Gasteiger partial charge in [0.15, 0.2) is 5.82 Å². The number of hydrogen-bond acceptors (Lipinski definition) is 11. The van der Waals surface area contributed by atoms with Crippen LogP contribution in [0.25, 0.3) is 22.0 Å². The van der Waals surface area contributed by atoms with Gasteiger partial charge in [-0.15, -0.1) is 11.8 Å². The van der Waals surface area contributed by atoms with Crippen molar-refractivity contribution in [3.8, 4) is 11.1 Å². The van der Waals surface area contributed by atoms with Gasteiger partial charge in [0, 0.05) is 85.1 Å². The van der Waals surface area contributed by atoms with Crippen LogP contribution in [0.1, 0.15) is 12.0 Å². The number of sulfonamides is 1. The number of aromatic nitrogens is 2. The molecule has 1 aromatic heterocycles. The molecule has 5 aromatic carbocycles. The molecular weight excluding hydrogens is 804 g/mol. The summed E-state index contributed by atoms with van der Waals surface area (Å²) in [5, 5.41) is 22.5. The molecule has 2 saturated heterocycles. The summed E-state index contributed by atoms with van der Waals surface area (Å²) in [5.41, 5.74) is 8.52. The van der Waals surface area contributed by atoms with Crippen molar-refractivity contribution in [3.63, 3.8) is 0 Å². The van der Waals surface area contributed by atoms with Gasteiger partial charge < -0.3 is 15.0 Å². The normalized spacial score (nSPS) is 15.9. The highest BCUT2D eigenvalue weighted by Gasteiger charge is 2.23. The average Bonchev–Trinajstić information content (AvgIpc) is 3.67. The number of rotatable bonds is 16. The molecule has 0 radical (unpaired) electrons. The topological polar surface area (TPSA) is 138 Å². The summed E-state index contributed by atoms with van der Waals surface area (Å²) in [4.78, 5) is 8.37. The number of morpholine rings is 1. The number of fused-ring (bicyclic) bond motifs is 1. The quantitative estimate of drug-likeness (QED) is 0.0477. The molecule has 1 atom stereocenters. The van der Waals surface area contributed by atoms with E-state index in [4.69, 9.17) is 16.3 Å². The fourth-order valence-electron chi connectivity index (χ4n) is 7.65. The van der Waals surface area contributed by atoms with E-state index in [1.807, 2.05) is 48.5 Å². The molecule has 2 aliphatic heterocycles. The van der Waals surface area contributed by atoms with Gasteiger partial charge in [-0.25, -0.2) is 8.42 Å². The minimum Gasteiger partial charge on any atom is -0.380 e. The summed E-state index contributed by atoms with van der Waals surface area (Å²) in [6.07, 6.45) is 0.858. The average molecular weight is 854 g/mol. The van der Waals surface area contributed by atoms with Crippen LogP contribution in [0.4, 0.5) is 22.9 Å². The van der Waals surface area contributed by atoms with Crippen LogP contribution in [0.2, 0.25) is 5.02 Å².